The molecule has 0 aliphatic heterocycles. The van der Waals surface area contributed by atoms with Crippen LogP contribution in [0.2, 0.25) is 0 Å². The van der Waals surface area contributed by atoms with Crippen molar-refractivity contribution in [3.8, 4) is 0 Å². The smallest absolute Gasteiger partial charge is 0.387 e. The first-order valence-electron chi connectivity index (χ1n) is 26.1. The van der Waals surface area contributed by atoms with Gasteiger partial charge in [0.25, 0.3) is 0 Å². The van der Waals surface area contributed by atoms with E-state index in [-0.39, 0.29) is 25.7 Å². The Morgan fingerprint density at radius 3 is 1.35 bits per heavy atom. The summed E-state index contributed by atoms with van der Waals surface area (Å²) in [5, 5.41) is 13.7. The van der Waals surface area contributed by atoms with Crippen molar-refractivity contribution in [2.45, 2.75) is 244 Å². The van der Waals surface area contributed by atoms with Crippen LogP contribution in [0.25, 0.3) is 0 Å². The third kappa shape index (κ3) is 47.7. The number of phosphoric acid groups is 1. The number of aliphatic hydroxyl groups is 1. The van der Waals surface area contributed by atoms with Crippen molar-refractivity contribution < 1.29 is 28.4 Å². The molecule has 0 aliphatic carbocycles. The van der Waals surface area contributed by atoms with Crippen LogP contribution in [0.3, 0.4) is 0 Å². The number of amides is 1. The van der Waals surface area contributed by atoms with Crippen molar-refractivity contribution in [3.05, 3.63) is 72.9 Å². The van der Waals surface area contributed by atoms with E-state index in [1.165, 1.54) is 128 Å². The van der Waals surface area contributed by atoms with Crippen molar-refractivity contribution in [2.75, 3.05) is 19.8 Å². The maximum atomic E-state index is 12.8. The lowest BCUT2D eigenvalue weighted by molar-refractivity contribution is -0.123. The third-order valence-corrected chi connectivity index (χ3v) is 12.3. The molecule has 9 heteroatoms. The SMILES string of the molecule is CC/C=C\C/C=C\C/C=C\C/C=C\C/C=C\CCCCCCCCCC(=O)NC(COP(=O)(O)OCCN)C(O)/C=C/CCCCCCCCCCCCCCCCCCCCC. The lowest BCUT2D eigenvalue weighted by atomic mass is 10.0. The fourth-order valence-electron chi connectivity index (χ4n) is 7.40. The minimum Gasteiger partial charge on any atom is -0.387 e. The van der Waals surface area contributed by atoms with E-state index >= 15 is 0 Å². The zero-order valence-electron chi connectivity index (χ0n) is 40.8. The summed E-state index contributed by atoms with van der Waals surface area (Å²) in [5.41, 5.74) is 5.40. The van der Waals surface area contributed by atoms with Gasteiger partial charge < -0.3 is 21.1 Å². The van der Waals surface area contributed by atoms with Crippen LogP contribution in [0.15, 0.2) is 72.9 Å². The van der Waals surface area contributed by atoms with Crippen molar-refractivity contribution in [2.24, 2.45) is 5.73 Å². The standard InChI is InChI=1S/C54H99N2O6P/c1-3-5-7-9-11-13-15-17-19-21-23-25-26-28-30-32-34-36-38-40-42-44-46-48-54(58)56-52(51-62-63(59,60)61-50-49-55)53(57)47-45-43-41-39-37-35-33-31-29-27-24-22-20-18-16-14-12-10-8-6-4-2/h5,7,11,13,17,19,23,25,28,30,45,47,52-53,57H,3-4,6,8-10,12,14-16,18,20-22,24,26-27,29,31-44,46,48-51,55H2,1-2H3,(H,56,58)(H,59,60)/b7-5-,13-11-,19-17-,25-23-,30-28-,47-45+. The van der Waals surface area contributed by atoms with Crippen molar-refractivity contribution >= 4 is 13.7 Å². The van der Waals surface area contributed by atoms with Crippen molar-refractivity contribution in [1.29, 1.82) is 0 Å². The molecule has 0 aliphatic rings. The first kappa shape index (κ1) is 60.9. The highest BCUT2D eigenvalue weighted by molar-refractivity contribution is 7.47. The van der Waals surface area contributed by atoms with Crippen LogP contribution < -0.4 is 11.1 Å². The van der Waals surface area contributed by atoms with Gasteiger partial charge in [0.15, 0.2) is 0 Å². The fourth-order valence-corrected chi connectivity index (χ4v) is 8.15. The average Bonchev–Trinajstić information content (AvgIpc) is 3.27. The second-order valence-electron chi connectivity index (χ2n) is 17.4. The Kier molecular flexibility index (Phi) is 47.8. The second kappa shape index (κ2) is 49.4. The number of carbonyl (C=O) groups excluding carboxylic acids is 1. The number of nitrogens with one attached hydrogen (secondary N) is 1. The Labute approximate surface area is 388 Å². The molecule has 1 amide bonds. The highest BCUT2D eigenvalue weighted by Crippen LogP contribution is 2.43. The van der Waals surface area contributed by atoms with Gasteiger partial charge in [0.05, 0.1) is 25.4 Å². The van der Waals surface area contributed by atoms with E-state index in [4.69, 9.17) is 14.8 Å². The number of hydrogen-bond donors (Lipinski definition) is 4. The number of carbonyl (C=O) groups is 1. The lowest BCUT2D eigenvalue weighted by Gasteiger charge is -2.23. The number of unbranched alkanes of at least 4 members (excludes halogenated alkanes) is 26. The van der Waals surface area contributed by atoms with Crippen molar-refractivity contribution in [3.63, 3.8) is 0 Å². The van der Waals surface area contributed by atoms with E-state index in [1.54, 1.807) is 6.08 Å². The molecular formula is C54H99N2O6P. The molecule has 0 aromatic rings. The molecular weight excluding hydrogens is 804 g/mol. The number of hydrogen-bond acceptors (Lipinski definition) is 6. The van der Waals surface area contributed by atoms with Gasteiger partial charge in [-0.1, -0.05) is 234 Å². The van der Waals surface area contributed by atoms with Gasteiger partial charge in [-0.15, -0.1) is 0 Å². The van der Waals surface area contributed by atoms with E-state index in [1.807, 2.05) is 6.08 Å². The van der Waals surface area contributed by atoms with Crippen LogP contribution in [0.5, 0.6) is 0 Å². The highest BCUT2D eigenvalue weighted by atomic mass is 31.2. The first-order chi connectivity index (χ1) is 30.9. The lowest BCUT2D eigenvalue weighted by Crippen LogP contribution is -2.45. The molecule has 0 heterocycles. The number of aliphatic hydroxyl groups excluding tert-OH is 1. The molecule has 0 saturated carbocycles. The maximum Gasteiger partial charge on any atom is 0.472 e. The summed E-state index contributed by atoms with van der Waals surface area (Å²) in [6.07, 6.45) is 65.3. The molecule has 0 spiro atoms. The number of phosphoric ester groups is 1. The van der Waals surface area contributed by atoms with E-state index in [0.717, 1.165) is 83.5 Å². The molecule has 0 aromatic heterocycles. The fraction of sp³-hybridized carbons (Fsp3) is 0.759. The van der Waals surface area contributed by atoms with E-state index in [2.05, 4.69) is 79.9 Å². The zero-order valence-corrected chi connectivity index (χ0v) is 41.7. The Balaban J connectivity index is 4.14. The summed E-state index contributed by atoms with van der Waals surface area (Å²) in [6, 6.07) is -0.872. The Morgan fingerprint density at radius 2 is 0.921 bits per heavy atom. The summed E-state index contributed by atoms with van der Waals surface area (Å²) < 4.78 is 22.2. The van der Waals surface area contributed by atoms with E-state index in [0.29, 0.717) is 6.42 Å². The quantitative estimate of drug-likeness (QED) is 0.0272. The van der Waals surface area contributed by atoms with Gasteiger partial charge in [-0.25, -0.2) is 4.57 Å². The molecule has 366 valence electrons. The van der Waals surface area contributed by atoms with Crippen LogP contribution in [0, 0.1) is 0 Å². The Morgan fingerprint density at radius 1 is 0.540 bits per heavy atom. The molecule has 63 heavy (non-hydrogen) atoms. The Bertz CT molecular complexity index is 1210. The van der Waals surface area contributed by atoms with Crippen LogP contribution >= 0.6 is 7.82 Å². The van der Waals surface area contributed by atoms with E-state index in [9.17, 15) is 19.4 Å². The molecule has 0 aromatic carbocycles. The van der Waals surface area contributed by atoms with Crippen LogP contribution in [-0.2, 0) is 18.4 Å². The molecule has 5 N–H and O–H groups in total. The summed E-state index contributed by atoms with van der Waals surface area (Å²) in [4.78, 5) is 22.8. The van der Waals surface area contributed by atoms with Gasteiger partial charge in [-0.05, 0) is 64.2 Å². The minimum absolute atomic E-state index is 0.0734. The topological polar surface area (TPSA) is 131 Å². The molecule has 3 atom stereocenters. The highest BCUT2D eigenvalue weighted by Gasteiger charge is 2.26. The van der Waals surface area contributed by atoms with Crippen LogP contribution in [0.1, 0.15) is 232 Å². The third-order valence-electron chi connectivity index (χ3n) is 11.3. The second-order valence-corrected chi connectivity index (χ2v) is 18.8. The van der Waals surface area contributed by atoms with Gasteiger partial charge in [0.1, 0.15) is 0 Å². The summed E-state index contributed by atoms with van der Waals surface area (Å²) >= 11 is 0. The normalized spacial score (nSPS) is 14.4. The molecule has 0 fully saturated rings. The summed E-state index contributed by atoms with van der Waals surface area (Å²) in [7, 11) is -4.35. The number of rotatable bonds is 48. The van der Waals surface area contributed by atoms with Crippen molar-refractivity contribution in [1.82, 2.24) is 5.32 Å². The largest absolute Gasteiger partial charge is 0.472 e. The first-order valence-corrected chi connectivity index (χ1v) is 27.6. The molecule has 0 radical (unpaired) electrons. The van der Waals surface area contributed by atoms with Gasteiger partial charge in [0, 0.05) is 13.0 Å². The molecule has 8 nitrogen and oxygen atoms in total. The van der Waals surface area contributed by atoms with Gasteiger partial charge in [-0.3, -0.25) is 13.8 Å². The average molecular weight is 903 g/mol. The summed E-state index contributed by atoms with van der Waals surface area (Å²) in [5.74, 6) is -0.206. The van der Waals surface area contributed by atoms with Crippen LogP contribution in [0.4, 0.5) is 0 Å². The monoisotopic (exact) mass is 903 g/mol. The zero-order chi connectivity index (χ0) is 46.0. The maximum absolute atomic E-state index is 12.8. The molecule has 3 unspecified atom stereocenters. The van der Waals surface area contributed by atoms with Crippen LogP contribution in [-0.4, -0.2) is 47.8 Å². The minimum atomic E-state index is -4.35. The van der Waals surface area contributed by atoms with Gasteiger partial charge in [0.2, 0.25) is 5.91 Å². The molecule has 0 bridgehead atoms. The number of allylic oxidation sites excluding steroid dienone is 11. The van der Waals surface area contributed by atoms with Gasteiger partial charge in [-0.2, -0.15) is 0 Å². The Hall–Kier alpha value is -2.06. The number of nitrogens with two attached hydrogens (primary N) is 1. The predicted octanol–water partition coefficient (Wildman–Crippen LogP) is 15.6. The predicted molar refractivity (Wildman–Crippen MR) is 272 cm³/mol. The van der Waals surface area contributed by atoms with Gasteiger partial charge >= 0.3 is 7.82 Å². The molecule has 0 rings (SSSR count). The molecule has 0 saturated heterocycles. The van der Waals surface area contributed by atoms with E-state index < -0.39 is 20.0 Å². The summed E-state index contributed by atoms with van der Waals surface area (Å²) in [6.45, 7) is 4.03.